The van der Waals surface area contributed by atoms with Crippen molar-refractivity contribution < 1.29 is 31.8 Å². The molecule has 1 aromatic carbocycles. The minimum Gasteiger partial charge on any atom is -0.435 e. The van der Waals surface area contributed by atoms with E-state index in [0.717, 1.165) is 23.2 Å². The van der Waals surface area contributed by atoms with Crippen molar-refractivity contribution in [1.29, 1.82) is 0 Å². The van der Waals surface area contributed by atoms with Gasteiger partial charge in [-0.05, 0) is 23.6 Å². The molecule has 0 spiro atoms. The van der Waals surface area contributed by atoms with Gasteiger partial charge in [0.25, 0.3) is 0 Å². The van der Waals surface area contributed by atoms with Gasteiger partial charge in [-0.2, -0.15) is 22.7 Å². The average molecular weight is 376 g/mol. The monoisotopic (exact) mass is 376 g/mol. The van der Waals surface area contributed by atoms with Crippen molar-refractivity contribution in [3.8, 4) is 11.5 Å². The summed E-state index contributed by atoms with van der Waals surface area (Å²) in [6, 6.07) is 6.80. The number of benzene rings is 1. The first-order valence-corrected chi connectivity index (χ1v) is 7.70. The molecule has 2 rings (SSSR count). The zero-order valence-electron chi connectivity index (χ0n) is 12.5. The lowest BCUT2D eigenvalue weighted by atomic mass is 10.2. The van der Waals surface area contributed by atoms with Gasteiger partial charge >= 0.3 is 13.2 Å². The largest absolute Gasteiger partial charge is 0.435 e. The number of carbonyl (C=O) groups excluding carboxylic acids is 1. The maximum atomic E-state index is 12.4. The molecule has 134 valence electrons. The molecule has 0 saturated heterocycles. The summed E-state index contributed by atoms with van der Waals surface area (Å²) < 4.78 is 57.6. The quantitative estimate of drug-likeness (QED) is 0.435. The molecule has 0 aliphatic carbocycles. The average Bonchev–Trinajstić information content (AvgIpc) is 3.01. The highest BCUT2D eigenvalue weighted by Crippen LogP contribution is 2.26. The van der Waals surface area contributed by atoms with Crippen LogP contribution in [0.25, 0.3) is 0 Å². The summed E-state index contributed by atoms with van der Waals surface area (Å²) in [5, 5.41) is 5.47. The first-order valence-electron chi connectivity index (χ1n) is 6.82. The Morgan fingerprint density at radius 1 is 1.20 bits per heavy atom. The minimum atomic E-state index is -3.16. The van der Waals surface area contributed by atoms with Gasteiger partial charge < -0.3 is 9.47 Å². The smallest absolute Gasteiger partial charge is 0.387 e. The molecule has 0 saturated carbocycles. The fourth-order valence-electron chi connectivity index (χ4n) is 1.78. The van der Waals surface area contributed by atoms with Gasteiger partial charge in [0.05, 0.1) is 12.6 Å². The Balaban J connectivity index is 2.04. The highest BCUT2D eigenvalue weighted by Gasteiger charge is 2.12. The van der Waals surface area contributed by atoms with Gasteiger partial charge in [-0.3, -0.25) is 4.79 Å². The summed E-state index contributed by atoms with van der Waals surface area (Å²) in [7, 11) is 0. The van der Waals surface area contributed by atoms with Gasteiger partial charge in [-0.25, -0.2) is 5.43 Å². The van der Waals surface area contributed by atoms with E-state index in [1.807, 2.05) is 5.38 Å². The molecule has 0 atom stereocenters. The van der Waals surface area contributed by atoms with Crippen LogP contribution in [-0.2, 0) is 11.2 Å². The summed E-state index contributed by atoms with van der Waals surface area (Å²) in [5.41, 5.74) is 2.29. The number of hydrazone groups is 1. The molecule has 1 amide bonds. The summed E-state index contributed by atoms with van der Waals surface area (Å²) in [4.78, 5) is 12.5. The Hall–Kier alpha value is -2.62. The number of halogens is 4. The third-order valence-corrected chi connectivity index (χ3v) is 3.61. The second-order valence-electron chi connectivity index (χ2n) is 4.51. The SMILES string of the molecule is O=C(Cc1cccs1)N/N=C\c1ccc(OC(F)F)cc1OC(F)F. The topological polar surface area (TPSA) is 59.9 Å². The number of carbonyl (C=O) groups is 1. The Kier molecular flexibility index (Phi) is 6.75. The maximum Gasteiger partial charge on any atom is 0.387 e. The van der Waals surface area contributed by atoms with Crippen molar-refractivity contribution in [2.45, 2.75) is 19.6 Å². The molecular weight excluding hydrogens is 364 g/mol. The second kappa shape index (κ2) is 9.02. The first-order chi connectivity index (χ1) is 11.9. The highest BCUT2D eigenvalue weighted by atomic mass is 32.1. The van der Waals surface area contributed by atoms with E-state index in [9.17, 15) is 22.4 Å². The molecular formula is C15H12F4N2O3S. The molecule has 0 bridgehead atoms. The normalized spacial score (nSPS) is 11.3. The summed E-state index contributed by atoms with van der Waals surface area (Å²) in [5.74, 6) is -1.15. The van der Waals surface area contributed by atoms with E-state index in [4.69, 9.17) is 0 Å². The highest BCUT2D eigenvalue weighted by molar-refractivity contribution is 7.10. The summed E-state index contributed by atoms with van der Waals surface area (Å²) in [6.45, 7) is -6.27. The van der Waals surface area contributed by atoms with Crippen molar-refractivity contribution in [3.05, 3.63) is 46.2 Å². The van der Waals surface area contributed by atoms with Gasteiger partial charge in [0.2, 0.25) is 5.91 Å². The molecule has 1 aromatic heterocycles. The van der Waals surface area contributed by atoms with Gasteiger partial charge in [0.1, 0.15) is 11.5 Å². The molecule has 2 aromatic rings. The number of nitrogens with one attached hydrogen (secondary N) is 1. The molecule has 1 heterocycles. The van der Waals surface area contributed by atoms with Crippen molar-refractivity contribution in [2.75, 3.05) is 0 Å². The fraction of sp³-hybridized carbons (Fsp3) is 0.200. The summed E-state index contributed by atoms with van der Waals surface area (Å²) >= 11 is 1.41. The van der Waals surface area contributed by atoms with Crippen LogP contribution >= 0.6 is 11.3 Å². The fourth-order valence-corrected chi connectivity index (χ4v) is 2.48. The van der Waals surface area contributed by atoms with Crippen LogP contribution in [0.2, 0.25) is 0 Å². The first kappa shape index (κ1) is 18.7. The number of ether oxygens (including phenoxy) is 2. The van der Waals surface area contributed by atoms with E-state index in [-0.39, 0.29) is 17.7 Å². The van der Waals surface area contributed by atoms with Gasteiger partial charge in [-0.15, -0.1) is 11.3 Å². The number of amides is 1. The van der Waals surface area contributed by atoms with Crippen LogP contribution in [0.5, 0.6) is 11.5 Å². The van der Waals surface area contributed by atoms with Crippen LogP contribution in [0.1, 0.15) is 10.4 Å². The van der Waals surface area contributed by atoms with Crippen molar-refractivity contribution in [1.82, 2.24) is 5.43 Å². The van der Waals surface area contributed by atoms with Crippen molar-refractivity contribution in [3.63, 3.8) is 0 Å². The van der Waals surface area contributed by atoms with E-state index in [1.54, 1.807) is 12.1 Å². The molecule has 10 heteroatoms. The van der Waals surface area contributed by atoms with Gasteiger partial charge in [-0.1, -0.05) is 6.07 Å². The molecule has 25 heavy (non-hydrogen) atoms. The van der Waals surface area contributed by atoms with Crippen LogP contribution < -0.4 is 14.9 Å². The Labute approximate surface area is 143 Å². The molecule has 5 nitrogen and oxygen atoms in total. The van der Waals surface area contributed by atoms with Crippen LogP contribution in [0.15, 0.2) is 40.8 Å². The Morgan fingerprint density at radius 2 is 1.96 bits per heavy atom. The lowest BCUT2D eigenvalue weighted by molar-refractivity contribution is -0.120. The minimum absolute atomic E-state index is 0.0540. The third kappa shape index (κ3) is 6.42. The van der Waals surface area contributed by atoms with Crippen molar-refractivity contribution >= 4 is 23.5 Å². The van der Waals surface area contributed by atoms with E-state index >= 15 is 0 Å². The second-order valence-corrected chi connectivity index (χ2v) is 5.54. The number of thiophene rings is 1. The predicted molar refractivity (Wildman–Crippen MR) is 83.5 cm³/mol. The lowest BCUT2D eigenvalue weighted by Crippen LogP contribution is -2.19. The number of hydrogen-bond donors (Lipinski definition) is 1. The van der Waals surface area contributed by atoms with Gasteiger partial charge in [0.15, 0.2) is 0 Å². The zero-order valence-corrected chi connectivity index (χ0v) is 13.3. The van der Waals surface area contributed by atoms with E-state index in [0.29, 0.717) is 0 Å². The molecule has 0 radical (unpaired) electrons. The number of nitrogens with zero attached hydrogens (tertiary/aromatic N) is 1. The van der Waals surface area contributed by atoms with Crippen LogP contribution in [0, 0.1) is 0 Å². The molecule has 0 aliphatic heterocycles. The van der Waals surface area contributed by atoms with Crippen LogP contribution in [0.4, 0.5) is 17.6 Å². The molecule has 0 aliphatic rings. The van der Waals surface area contributed by atoms with E-state index < -0.39 is 24.9 Å². The third-order valence-electron chi connectivity index (χ3n) is 2.73. The summed E-state index contributed by atoms with van der Waals surface area (Å²) in [6.07, 6.45) is 1.19. The molecule has 1 N–H and O–H groups in total. The lowest BCUT2D eigenvalue weighted by Gasteiger charge is -2.10. The van der Waals surface area contributed by atoms with Crippen LogP contribution in [0.3, 0.4) is 0 Å². The van der Waals surface area contributed by atoms with E-state index in [1.165, 1.54) is 17.4 Å². The number of alkyl halides is 4. The van der Waals surface area contributed by atoms with Gasteiger partial charge in [0, 0.05) is 16.5 Å². The van der Waals surface area contributed by atoms with Crippen molar-refractivity contribution in [2.24, 2.45) is 5.10 Å². The van der Waals surface area contributed by atoms with Crippen LogP contribution in [-0.4, -0.2) is 25.3 Å². The molecule has 0 fully saturated rings. The molecule has 0 unspecified atom stereocenters. The zero-order chi connectivity index (χ0) is 18.2. The Bertz CT molecular complexity index is 724. The number of hydrogen-bond acceptors (Lipinski definition) is 5. The standard InChI is InChI=1S/C15H12F4N2O3S/c16-14(17)23-10-4-3-9(12(6-10)24-15(18)19)8-20-21-13(22)7-11-2-1-5-25-11/h1-6,8,14-15H,7H2,(H,21,22)/b20-8-. The Morgan fingerprint density at radius 3 is 2.60 bits per heavy atom. The maximum absolute atomic E-state index is 12.4. The van der Waals surface area contributed by atoms with E-state index in [2.05, 4.69) is 20.0 Å². The number of rotatable bonds is 8. The predicted octanol–water partition coefficient (Wildman–Crippen LogP) is 3.64.